The number of phenolic OH excluding ortho intramolecular Hbond substituents is 1. The van der Waals surface area contributed by atoms with E-state index in [9.17, 15) is 5.11 Å². The summed E-state index contributed by atoms with van der Waals surface area (Å²) in [6.45, 7) is 45.0. The van der Waals surface area contributed by atoms with E-state index in [0.717, 1.165) is 24.3 Å². The van der Waals surface area contributed by atoms with Gasteiger partial charge in [0.25, 0.3) is 0 Å². The lowest BCUT2D eigenvalue weighted by molar-refractivity contribution is -0.0613. The topological polar surface area (TPSA) is 47.9 Å². The minimum absolute atomic E-state index is 0.00714. The van der Waals surface area contributed by atoms with E-state index in [4.69, 9.17) is 14.2 Å². The second-order valence-electron chi connectivity index (χ2n) is 22.4. The van der Waals surface area contributed by atoms with Crippen molar-refractivity contribution in [2.45, 2.75) is 174 Å². The number of ether oxygens (including phenoxy) is 3. The Kier molecular flexibility index (Phi) is 14.2. The predicted octanol–water partition coefficient (Wildman–Crippen LogP) is 15.0. The molecule has 0 aromatic heterocycles. The fourth-order valence-corrected chi connectivity index (χ4v) is 11.9. The Bertz CT molecular complexity index is 1620. The highest BCUT2D eigenvalue weighted by Gasteiger charge is 2.51. The van der Waals surface area contributed by atoms with Gasteiger partial charge in [-0.1, -0.05) is 133 Å². The van der Waals surface area contributed by atoms with Gasteiger partial charge in [0.1, 0.15) is 22.8 Å². The van der Waals surface area contributed by atoms with E-state index < -0.39 is 0 Å². The summed E-state index contributed by atoms with van der Waals surface area (Å²) in [4.78, 5) is 0. The normalized spacial score (nSPS) is 16.0. The fraction of sp³-hybridized carbons (Fsp3) is 0.647. The van der Waals surface area contributed by atoms with Crippen molar-refractivity contribution < 1.29 is 19.3 Å². The zero-order valence-corrected chi connectivity index (χ0v) is 38.5. The average Bonchev–Trinajstić information content (AvgIpc) is 2.96. The zero-order chi connectivity index (χ0) is 42.0. The van der Waals surface area contributed by atoms with Crippen molar-refractivity contribution in [2.75, 3.05) is 6.61 Å². The molecule has 0 aliphatic carbocycles. The minimum atomic E-state index is -0.307. The summed E-state index contributed by atoms with van der Waals surface area (Å²) in [5, 5.41) is 10.2. The van der Waals surface area contributed by atoms with Crippen LogP contribution < -0.4 is 9.47 Å². The molecule has 0 spiro atoms. The molecule has 0 amide bonds. The van der Waals surface area contributed by atoms with Crippen LogP contribution in [0.1, 0.15) is 179 Å². The number of rotatable bonds is 16. The second-order valence-corrected chi connectivity index (χ2v) is 22.4. The van der Waals surface area contributed by atoms with Crippen LogP contribution in [0.25, 0.3) is 0 Å². The highest BCUT2D eigenvalue weighted by atomic mass is 16.7. The summed E-state index contributed by atoms with van der Waals surface area (Å²) < 4.78 is 18.1. The van der Waals surface area contributed by atoms with Crippen molar-refractivity contribution in [1.29, 1.82) is 0 Å². The molecule has 55 heavy (non-hydrogen) atoms. The third kappa shape index (κ3) is 12.5. The molecule has 4 unspecified atom stereocenters. The molecule has 4 heteroatoms. The fourth-order valence-electron chi connectivity index (χ4n) is 11.9. The first-order valence-electron chi connectivity index (χ1n) is 20.9. The molecule has 3 aromatic carbocycles. The van der Waals surface area contributed by atoms with Gasteiger partial charge < -0.3 is 19.3 Å². The average molecular weight is 757 g/mol. The van der Waals surface area contributed by atoms with Crippen molar-refractivity contribution in [1.82, 2.24) is 0 Å². The van der Waals surface area contributed by atoms with E-state index in [1.807, 2.05) is 26.0 Å². The van der Waals surface area contributed by atoms with Gasteiger partial charge in [0.05, 0.1) is 0 Å². The van der Waals surface area contributed by atoms with E-state index in [1.54, 1.807) is 0 Å². The summed E-state index contributed by atoms with van der Waals surface area (Å²) in [6, 6.07) is 25.7. The van der Waals surface area contributed by atoms with Gasteiger partial charge in [-0.2, -0.15) is 0 Å². The van der Waals surface area contributed by atoms with Crippen LogP contribution >= 0.6 is 0 Å². The molecule has 0 aliphatic heterocycles. The molecule has 0 saturated heterocycles. The SMILES string of the molecule is CCOC(C)Oc1ccc(C(C(C)(C)CC(C)(C)C(c2ccc(O)cc2)C(C)(C)C)C(C)(C)CC(C)(C)C(c2ccc(OC(C)(C)C)cc2)C(C)(C)C)cc1. The largest absolute Gasteiger partial charge is 0.508 e. The summed E-state index contributed by atoms with van der Waals surface area (Å²) in [7, 11) is 0. The van der Waals surface area contributed by atoms with Crippen molar-refractivity contribution in [3.05, 3.63) is 89.5 Å². The minimum Gasteiger partial charge on any atom is -0.508 e. The summed E-state index contributed by atoms with van der Waals surface area (Å²) in [5.41, 5.74) is 3.45. The molecule has 0 bridgehead atoms. The Morgan fingerprint density at radius 1 is 0.473 bits per heavy atom. The molecule has 0 saturated carbocycles. The van der Waals surface area contributed by atoms with Gasteiger partial charge in [-0.25, -0.2) is 0 Å². The molecule has 4 nitrogen and oxygen atoms in total. The summed E-state index contributed by atoms with van der Waals surface area (Å²) >= 11 is 0. The van der Waals surface area contributed by atoms with E-state index >= 15 is 0 Å². The third-order valence-corrected chi connectivity index (χ3v) is 11.5. The number of hydrogen-bond acceptors (Lipinski definition) is 4. The van der Waals surface area contributed by atoms with E-state index in [1.165, 1.54) is 16.7 Å². The molecule has 308 valence electrons. The van der Waals surface area contributed by atoms with Crippen LogP contribution in [0.5, 0.6) is 17.2 Å². The highest BCUT2D eigenvalue weighted by molar-refractivity contribution is 5.35. The molecule has 3 rings (SSSR count). The van der Waals surface area contributed by atoms with Gasteiger partial charge in [0.2, 0.25) is 0 Å². The van der Waals surface area contributed by atoms with Crippen LogP contribution in [0, 0.1) is 32.5 Å². The third-order valence-electron chi connectivity index (χ3n) is 11.5. The summed E-state index contributed by atoms with van der Waals surface area (Å²) in [5.74, 6) is 2.84. The lowest BCUT2D eigenvalue weighted by Crippen LogP contribution is -2.44. The van der Waals surface area contributed by atoms with Gasteiger partial charge in [-0.15, -0.1) is 0 Å². The van der Waals surface area contributed by atoms with Crippen LogP contribution in [0.15, 0.2) is 72.8 Å². The van der Waals surface area contributed by atoms with Gasteiger partial charge in [-0.05, 0) is 151 Å². The van der Waals surface area contributed by atoms with E-state index in [-0.39, 0.29) is 56.2 Å². The molecule has 0 fully saturated rings. The standard InChI is InChI=1S/C51H80O4/c1-20-53-35(2)54-40-29-23-38(24-30-40)44(50(16,17)33-48(12,13)42(45(3,4)5)36-21-27-39(52)28-22-36)51(18,19)34-49(14,15)43(46(6,7)8)37-25-31-41(32-26-37)55-47(9,10)11/h21-32,35,42-44,52H,20,33-34H2,1-19H3. The van der Waals surface area contributed by atoms with Gasteiger partial charge in [-0.3, -0.25) is 0 Å². The first kappa shape index (κ1) is 46.4. The summed E-state index contributed by atoms with van der Waals surface area (Å²) in [6.07, 6.45) is 1.73. The monoisotopic (exact) mass is 757 g/mol. The maximum absolute atomic E-state index is 10.2. The Morgan fingerprint density at radius 2 is 0.800 bits per heavy atom. The van der Waals surface area contributed by atoms with Crippen LogP contribution in [-0.4, -0.2) is 23.6 Å². The van der Waals surface area contributed by atoms with Gasteiger partial charge in [0, 0.05) is 6.61 Å². The first-order valence-corrected chi connectivity index (χ1v) is 20.9. The maximum atomic E-state index is 10.2. The van der Waals surface area contributed by atoms with E-state index in [2.05, 4.69) is 178 Å². The molecule has 3 aromatic rings. The van der Waals surface area contributed by atoms with Crippen molar-refractivity contribution in [3.63, 3.8) is 0 Å². The number of hydrogen-bond donors (Lipinski definition) is 1. The number of benzene rings is 3. The second kappa shape index (κ2) is 16.9. The zero-order valence-electron chi connectivity index (χ0n) is 38.5. The van der Waals surface area contributed by atoms with Crippen LogP contribution in [-0.2, 0) is 4.74 Å². The van der Waals surface area contributed by atoms with Crippen LogP contribution in [0.4, 0.5) is 0 Å². The first-order chi connectivity index (χ1) is 24.9. The lowest BCUT2D eigenvalue weighted by atomic mass is 9.50. The molecule has 4 atom stereocenters. The molecular weight excluding hydrogens is 677 g/mol. The predicted molar refractivity (Wildman–Crippen MR) is 235 cm³/mol. The van der Waals surface area contributed by atoms with Crippen molar-refractivity contribution >= 4 is 0 Å². The molecular formula is C51H80O4. The number of phenols is 1. The highest BCUT2D eigenvalue weighted by Crippen LogP contribution is 2.62. The van der Waals surface area contributed by atoms with Crippen molar-refractivity contribution in [2.24, 2.45) is 32.5 Å². The van der Waals surface area contributed by atoms with Crippen LogP contribution in [0.2, 0.25) is 0 Å². The maximum Gasteiger partial charge on any atom is 0.196 e. The van der Waals surface area contributed by atoms with Gasteiger partial charge >= 0.3 is 0 Å². The molecule has 0 aliphatic rings. The smallest absolute Gasteiger partial charge is 0.196 e. The number of aromatic hydroxyl groups is 1. The Balaban J connectivity index is 2.15. The Morgan fingerprint density at radius 3 is 1.15 bits per heavy atom. The Hall–Kier alpha value is -2.98. The quantitative estimate of drug-likeness (QED) is 0.148. The molecule has 0 radical (unpaired) electrons. The molecule has 1 N–H and O–H groups in total. The molecule has 0 heterocycles. The van der Waals surface area contributed by atoms with Crippen molar-refractivity contribution in [3.8, 4) is 17.2 Å². The lowest BCUT2D eigenvalue weighted by Gasteiger charge is -2.54. The van der Waals surface area contributed by atoms with Crippen LogP contribution in [0.3, 0.4) is 0 Å². The van der Waals surface area contributed by atoms with Gasteiger partial charge in [0.15, 0.2) is 6.29 Å². The van der Waals surface area contributed by atoms with E-state index in [0.29, 0.717) is 18.3 Å². The Labute approximate surface area is 338 Å².